The summed E-state index contributed by atoms with van der Waals surface area (Å²) in [6.07, 6.45) is -0.579. The molecule has 0 fully saturated rings. The van der Waals surface area contributed by atoms with Crippen LogP contribution in [0.4, 0.5) is 0 Å². The minimum atomic E-state index is -0.579. The lowest BCUT2D eigenvalue weighted by Crippen LogP contribution is -2.06. The molecule has 1 aromatic rings. The molecular formula is C11H14I2O4. The molecule has 0 aliphatic heterocycles. The number of hydrogen-bond donors (Lipinski definition) is 1. The molecular weight excluding hydrogens is 450 g/mol. The van der Waals surface area contributed by atoms with E-state index in [4.69, 9.17) is 14.2 Å². The van der Waals surface area contributed by atoms with Gasteiger partial charge in [-0.15, -0.1) is 0 Å². The molecule has 0 saturated heterocycles. The van der Waals surface area contributed by atoms with Gasteiger partial charge in [0, 0.05) is 0 Å². The minimum Gasteiger partial charge on any atom is -0.493 e. The normalized spacial score (nSPS) is 12.4. The summed E-state index contributed by atoms with van der Waals surface area (Å²) in [4.78, 5) is 0. The summed E-state index contributed by atoms with van der Waals surface area (Å²) < 4.78 is 15.7. The maximum absolute atomic E-state index is 10.0. The molecule has 0 amide bonds. The van der Waals surface area contributed by atoms with Crippen LogP contribution in [-0.4, -0.2) is 28.4 Å². The van der Waals surface area contributed by atoms with Crippen LogP contribution in [0.3, 0.4) is 0 Å². The van der Waals surface area contributed by atoms with Crippen molar-refractivity contribution in [1.29, 1.82) is 0 Å². The molecule has 4 nitrogen and oxygen atoms in total. The Balaban J connectivity index is 3.27. The molecule has 1 rings (SSSR count). The summed E-state index contributed by atoms with van der Waals surface area (Å²) in [7, 11) is 4.66. The predicted octanol–water partition coefficient (Wildman–Crippen LogP) is 2.94. The van der Waals surface area contributed by atoms with Gasteiger partial charge in [-0.25, -0.2) is 0 Å². The number of benzene rings is 1. The highest BCUT2D eigenvalue weighted by atomic mass is 127. The van der Waals surface area contributed by atoms with E-state index in [1.54, 1.807) is 33.5 Å². The van der Waals surface area contributed by atoms with E-state index >= 15 is 0 Å². The largest absolute Gasteiger partial charge is 0.493 e. The molecule has 0 bridgehead atoms. The molecule has 1 unspecified atom stereocenters. The van der Waals surface area contributed by atoms with Crippen LogP contribution in [0.5, 0.6) is 17.2 Å². The monoisotopic (exact) mass is 464 g/mol. The lowest BCUT2D eigenvalue weighted by Gasteiger charge is -2.17. The van der Waals surface area contributed by atoms with Crippen LogP contribution in [0.1, 0.15) is 11.7 Å². The Labute approximate surface area is 128 Å². The average molecular weight is 464 g/mol. The summed E-state index contributed by atoms with van der Waals surface area (Å²) in [5, 5.41) is 10.0. The first-order valence-corrected chi connectivity index (χ1v) is 7.30. The molecule has 0 saturated carbocycles. The van der Waals surface area contributed by atoms with Gasteiger partial charge in [0.2, 0.25) is 5.75 Å². The number of halogens is 2. The molecule has 0 aromatic heterocycles. The maximum atomic E-state index is 10.0. The van der Waals surface area contributed by atoms with Gasteiger partial charge < -0.3 is 19.3 Å². The first-order chi connectivity index (χ1) is 8.04. The molecule has 17 heavy (non-hydrogen) atoms. The van der Waals surface area contributed by atoms with Crippen molar-refractivity contribution in [2.45, 2.75) is 8.04 Å². The van der Waals surface area contributed by atoms with E-state index in [1.807, 2.05) is 0 Å². The lowest BCUT2D eigenvalue weighted by atomic mass is 10.1. The molecule has 0 aliphatic carbocycles. The highest BCUT2D eigenvalue weighted by Crippen LogP contribution is 2.41. The Bertz CT molecular complexity index is 357. The van der Waals surface area contributed by atoms with Gasteiger partial charge in [0.25, 0.3) is 0 Å². The molecule has 0 aliphatic rings. The Morgan fingerprint density at radius 3 is 1.76 bits per heavy atom. The molecule has 1 N–H and O–H groups in total. The molecule has 0 radical (unpaired) electrons. The minimum absolute atomic E-state index is 0.0630. The summed E-state index contributed by atoms with van der Waals surface area (Å²) >= 11 is 4.32. The highest BCUT2D eigenvalue weighted by Gasteiger charge is 2.20. The summed E-state index contributed by atoms with van der Waals surface area (Å²) in [6, 6.07) is 3.52. The maximum Gasteiger partial charge on any atom is 0.203 e. The Kier molecular flexibility index (Phi) is 6.07. The Hall–Kier alpha value is 0.0400. The number of rotatable bonds is 5. The second-order valence-corrected chi connectivity index (χ2v) is 8.31. The van der Waals surface area contributed by atoms with Crippen molar-refractivity contribution in [3.63, 3.8) is 0 Å². The van der Waals surface area contributed by atoms with E-state index in [9.17, 15) is 5.11 Å². The van der Waals surface area contributed by atoms with Gasteiger partial charge in [-0.05, 0) is 17.7 Å². The fourth-order valence-corrected chi connectivity index (χ4v) is 2.25. The molecule has 96 valence electrons. The van der Waals surface area contributed by atoms with Crippen LogP contribution in [0, 0.1) is 0 Å². The van der Waals surface area contributed by atoms with Crippen LogP contribution in [0.2, 0.25) is 0 Å². The van der Waals surface area contributed by atoms with Gasteiger partial charge in [-0.3, -0.25) is 0 Å². The van der Waals surface area contributed by atoms with Crippen LogP contribution in [-0.2, 0) is 0 Å². The molecule has 0 spiro atoms. The van der Waals surface area contributed by atoms with Crippen molar-refractivity contribution in [1.82, 2.24) is 0 Å². The Morgan fingerprint density at radius 1 is 1.00 bits per heavy atom. The summed E-state index contributed by atoms with van der Waals surface area (Å²) in [6.45, 7) is 0. The third kappa shape index (κ3) is 3.50. The molecule has 0 heterocycles. The van der Waals surface area contributed by atoms with Crippen molar-refractivity contribution in [3.05, 3.63) is 17.7 Å². The van der Waals surface area contributed by atoms with Crippen molar-refractivity contribution >= 4 is 45.2 Å². The van der Waals surface area contributed by atoms with Gasteiger partial charge in [0.05, 0.1) is 23.3 Å². The van der Waals surface area contributed by atoms with Crippen molar-refractivity contribution in [2.75, 3.05) is 21.3 Å². The summed E-state index contributed by atoms with van der Waals surface area (Å²) in [5.41, 5.74) is 0.744. The molecule has 1 atom stereocenters. The standard InChI is InChI=1S/C11H14I2O4/c1-15-7-4-6(9(14)11(12)13)5-8(16-2)10(7)17-3/h4-5,9,11,14H,1-3H3. The zero-order valence-corrected chi connectivity index (χ0v) is 14.1. The number of hydrogen-bond acceptors (Lipinski definition) is 4. The third-order valence-electron chi connectivity index (χ3n) is 2.27. The fourth-order valence-electron chi connectivity index (χ4n) is 1.42. The average Bonchev–Trinajstić information content (AvgIpc) is 2.35. The van der Waals surface area contributed by atoms with Crippen molar-refractivity contribution in [2.24, 2.45) is 0 Å². The zero-order valence-electron chi connectivity index (χ0n) is 9.74. The highest BCUT2D eigenvalue weighted by molar-refractivity contribution is 14.2. The SMILES string of the molecule is COc1cc(C(O)C(I)I)cc(OC)c1OC. The van der Waals surface area contributed by atoms with Gasteiger partial charge in [-0.2, -0.15) is 0 Å². The van der Waals surface area contributed by atoms with E-state index in [0.717, 1.165) is 5.56 Å². The number of aliphatic hydroxyl groups is 1. The predicted molar refractivity (Wildman–Crippen MR) is 82.9 cm³/mol. The first-order valence-electron chi connectivity index (χ1n) is 4.81. The lowest BCUT2D eigenvalue weighted by molar-refractivity contribution is 0.201. The first kappa shape index (κ1) is 15.1. The van der Waals surface area contributed by atoms with Gasteiger partial charge in [0.1, 0.15) is 6.10 Å². The smallest absolute Gasteiger partial charge is 0.203 e. The summed E-state index contributed by atoms with van der Waals surface area (Å²) in [5.74, 6) is 1.63. The molecule has 6 heteroatoms. The van der Waals surface area contributed by atoms with E-state index in [0.29, 0.717) is 17.2 Å². The van der Waals surface area contributed by atoms with Crippen LogP contribution >= 0.6 is 45.2 Å². The number of ether oxygens (including phenoxy) is 3. The number of alkyl halides is 2. The van der Waals surface area contributed by atoms with Crippen molar-refractivity contribution in [3.8, 4) is 17.2 Å². The van der Waals surface area contributed by atoms with Gasteiger partial charge in [-0.1, -0.05) is 45.2 Å². The van der Waals surface area contributed by atoms with Gasteiger partial charge >= 0.3 is 0 Å². The topological polar surface area (TPSA) is 47.9 Å². The zero-order chi connectivity index (χ0) is 13.0. The third-order valence-corrected chi connectivity index (χ3v) is 3.63. The Morgan fingerprint density at radius 2 is 1.47 bits per heavy atom. The second kappa shape index (κ2) is 6.83. The van der Waals surface area contributed by atoms with Crippen LogP contribution in [0.15, 0.2) is 12.1 Å². The van der Waals surface area contributed by atoms with E-state index < -0.39 is 6.10 Å². The second-order valence-electron chi connectivity index (χ2n) is 3.24. The van der Waals surface area contributed by atoms with E-state index in [2.05, 4.69) is 45.2 Å². The van der Waals surface area contributed by atoms with E-state index in [-0.39, 0.29) is 1.93 Å². The quantitative estimate of drug-likeness (QED) is 0.538. The number of methoxy groups -OCH3 is 3. The van der Waals surface area contributed by atoms with Crippen molar-refractivity contribution < 1.29 is 19.3 Å². The fraction of sp³-hybridized carbons (Fsp3) is 0.455. The van der Waals surface area contributed by atoms with Crippen LogP contribution < -0.4 is 14.2 Å². The van der Waals surface area contributed by atoms with Crippen LogP contribution in [0.25, 0.3) is 0 Å². The van der Waals surface area contributed by atoms with E-state index in [1.165, 1.54) is 0 Å². The molecule has 1 aromatic carbocycles. The van der Waals surface area contributed by atoms with Gasteiger partial charge in [0.15, 0.2) is 11.5 Å². The number of aliphatic hydroxyl groups excluding tert-OH is 1.